The van der Waals surface area contributed by atoms with Crippen molar-refractivity contribution < 1.29 is 103 Å². The van der Waals surface area contributed by atoms with Crippen LogP contribution in [0.2, 0.25) is 0 Å². The van der Waals surface area contributed by atoms with Crippen LogP contribution >= 0.6 is 128 Å². The van der Waals surface area contributed by atoms with Crippen LogP contribution in [-0.2, 0) is 64.0 Å². The van der Waals surface area contributed by atoms with Crippen molar-refractivity contribution in [2.24, 2.45) is 0 Å². The Kier molecular flexibility index (Phi) is 189. The van der Waals surface area contributed by atoms with E-state index >= 15 is 0 Å². The predicted molar refractivity (Wildman–Crippen MR) is 151 cm³/mol. The third kappa shape index (κ3) is 64.4. The first kappa shape index (κ1) is 90.0. The molecule has 16 nitrogen and oxygen atoms in total. The fraction of sp³-hybridized carbons (Fsp3) is 1.00. The molecule has 0 aromatic carbocycles. The van der Waals surface area contributed by atoms with Gasteiger partial charge in [-0.2, -0.15) is 25.3 Å². The van der Waals surface area contributed by atoms with E-state index in [0.29, 0.717) is 0 Å². The Morgan fingerprint density at radius 2 is 0.676 bits per heavy atom. The minimum Gasteiger partial charge on any atom is -1.00 e. The van der Waals surface area contributed by atoms with E-state index in [4.69, 9.17) is 10.5 Å². The largest absolute Gasteiger partial charge is 1.00 e. The van der Waals surface area contributed by atoms with Crippen molar-refractivity contribution in [3.63, 3.8) is 0 Å². The van der Waals surface area contributed by atoms with E-state index in [0.717, 1.165) is 0 Å². The maximum absolute atomic E-state index is 10.2. The maximum atomic E-state index is 10.2. The Morgan fingerprint density at radius 1 is 0.541 bits per heavy atom. The lowest BCUT2D eigenvalue weighted by molar-refractivity contribution is -0.781. The van der Waals surface area contributed by atoms with Crippen LogP contribution in [0.3, 0.4) is 0 Å². The molecule has 0 fully saturated rings. The molecule has 0 aliphatic rings. The standard InChI is InChI=1S/5CH4.3Br2.BrH.2Cl2.ClH.2H2O8S2/c;;;;;3*1-2;;2*1-2;;2*1-6-8-10(5,7-2)9(3)4/h5*1H4;;;;1H;;;1H;2*1-2H/p-6. The van der Waals surface area contributed by atoms with Crippen LogP contribution in [0.5, 0.6) is 0 Å². The minimum absolute atomic E-state index is 0. The highest BCUT2D eigenvalue weighted by Crippen LogP contribution is 1.92. The molecule has 0 rings (SSSR count). The van der Waals surface area contributed by atoms with Crippen molar-refractivity contribution in [3.05, 3.63) is 0 Å². The highest BCUT2D eigenvalue weighted by atomic mass is 80.9. The topological polar surface area (TPSA) is 250 Å². The summed E-state index contributed by atoms with van der Waals surface area (Å²) in [4.78, 5) is 0. The molecule has 0 heterocycles. The highest BCUT2D eigenvalue weighted by Gasteiger charge is 2.06. The molecule has 2 atom stereocenters. The van der Waals surface area contributed by atoms with Gasteiger partial charge in [-0.25, -0.2) is 0 Å². The van der Waals surface area contributed by atoms with E-state index < -0.39 is 36.6 Å². The van der Waals surface area contributed by atoms with Crippen LogP contribution in [0.1, 0.15) is 37.1 Å². The third-order valence-electron chi connectivity index (χ3n) is 0.722. The molecule has 0 N–H and O–H groups in total. The number of hydrogen-bond donors (Lipinski definition) is 0. The normalized spacial score (nSPS) is 9.57. The van der Waals surface area contributed by atoms with Gasteiger partial charge in [0.2, 0.25) is 0 Å². The van der Waals surface area contributed by atoms with Gasteiger partial charge in [0.25, 0.3) is 0 Å². The zero-order valence-electron chi connectivity index (χ0n) is 12.7. The van der Waals surface area contributed by atoms with E-state index in [1.54, 1.807) is 0 Å². The second kappa shape index (κ2) is 77.7. The van der Waals surface area contributed by atoms with Crippen LogP contribution in [0, 0.1) is 0 Å². The Balaban J connectivity index is -0.0000000155. The summed E-state index contributed by atoms with van der Waals surface area (Å²) in [5.41, 5.74) is 0. The Morgan fingerprint density at radius 3 is 0.703 bits per heavy atom. The number of halogens is 12. The molecule has 0 aliphatic heterocycles. The molecule has 0 aromatic rings. The Bertz CT molecular complexity index is 682. The average Bonchev–Trinajstić information content (AvgIpc) is 2.81. The zero-order valence-corrected chi connectivity index (χ0v) is 30.8. The molecule has 0 amide bonds. The van der Waals surface area contributed by atoms with Gasteiger partial charge in [0, 0.05) is 128 Å². The zero-order chi connectivity index (χ0) is 26.4. The number of rotatable bonds is 6. The molecule has 0 bridgehead atoms. The fourth-order valence-corrected chi connectivity index (χ4v) is 1.22. The summed E-state index contributed by atoms with van der Waals surface area (Å²) in [5.74, 6) is 0. The van der Waals surface area contributed by atoms with Gasteiger partial charge in [-0.15, -0.1) is 8.67 Å². The minimum atomic E-state index is -4.67. The summed E-state index contributed by atoms with van der Waals surface area (Å²) >= 11 is 16.5. The summed E-state index contributed by atoms with van der Waals surface area (Å²) < 4.78 is 70.2. The first-order valence-electron chi connectivity index (χ1n) is 3.71. The van der Waals surface area contributed by atoms with Crippen LogP contribution in [0.25, 0.3) is 0 Å². The van der Waals surface area contributed by atoms with Crippen LogP contribution in [0.15, 0.2) is 0 Å². The quantitative estimate of drug-likeness (QED) is 0.203. The van der Waals surface area contributed by atoms with Gasteiger partial charge < -0.3 is 59.1 Å². The molecule has 0 aromatic heterocycles. The van der Waals surface area contributed by atoms with Gasteiger partial charge >= 0.3 is 36.6 Å². The van der Waals surface area contributed by atoms with Gasteiger partial charge in [0.1, 0.15) is 0 Å². The molecule has 0 saturated carbocycles. The lowest BCUT2D eigenvalue weighted by atomic mass is 12.0. The summed E-state index contributed by atoms with van der Waals surface area (Å²) in [6.07, 6.45) is 0. The highest BCUT2D eigenvalue weighted by molar-refractivity contribution is 9.93. The van der Waals surface area contributed by atoms with Crippen LogP contribution in [-0.4, -0.2) is 25.3 Å². The van der Waals surface area contributed by atoms with Gasteiger partial charge in [0.05, 0.1) is 0 Å². The van der Waals surface area contributed by atoms with E-state index in [1.165, 1.54) is 0 Å². The first-order chi connectivity index (χ1) is 14.1. The van der Waals surface area contributed by atoms with E-state index in [9.17, 15) is 35.8 Å². The lowest BCUT2D eigenvalue weighted by Gasteiger charge is -2.09. The van der Waals surface area contributed by atoms with Crippen molar-refractivity contribution in [2.45, 2.75) is 37.1 Å². The molecule has 2 unspecified atom stereocenters. The molecule has 0 saturated heterocycles. The summed E-state index contributed by atoms with van der Waals surface area (Å²) in [5, 5.41) is 41.4. The van der Waals surface area contributed by atoms with Gasteiger partial charge in [-0.1, -0.05) is 37.1 Å². The van der Waals surface area contributed by atoms with Crippen LogP contribution in [0.4, 0.5) is 0 Å². The second-order valence-electron chi connectivity index (χ2n) is 1.63. The molecule has 32 heteroatoms. The van der Waals surface area contributed by atoms with E-state index in [-0.39, 0.29) is 66.5 Å². The molecule has 0 spiro atoms. The fourth-order valence-electron chi connectivity index (χ4n) is 0.181. The van der Waals surface area contributed by atoms with Crippen molar-refractivity contribution >= 4 is 165 Å². The molecule has 250 valence electrons. The third-order valence-corrected chi connectivity index (χ3v) is 4.83. The predicted octanol–water partition coefficient (Wildman–Crippen LogP) is -2.16. The first-order valence-corrected chi connectivity index (χ1v) is 23.1. The molecular formula is C5H20Br7Cl5O16S4-6. The average molecular weight is 1200 g/mol. The van der Waals surface area contributed by atoms with E-state index in [2.05, 4.69) is 156 Å². The molecule has 37 heavy (non-hydrogen) atoms. The van der Waals surface area contributed by atoms with Gasteiger partial charge in [-0.05, 0) is 0 Å². The van der Waals surface area contributed by atoms with Gasteiger partial charge in [0.15, 0.2) is 0 Å². The van der Waals surface area contributed by atoms with Crippen molar-refractivity contribution in [2.75, 3.05) is 0 Å². The maximum Gasteiger partial charge on any atom is 0.336 e. The second-order valence-corrected chi connectivity index (χ2v) is 8.71. The van der Waals surface area contributed by atoms with E-state index in [1.807, 2.05) is 0 Å². The Labute approximate surface area is 300 Å². The summed E-state index contributed by atoms with van der Waals surface area (Å²) in [6.45, 7) is 0. The molecular weight excluding hydrogens is 1180 g/mol. The number of hydrogen-bond acceptors (Lipinski definition) is 16. The van der Waals surface area contributed by atoms with Gasteiger partial charge in [-0.3, -0.25) is 10.1 Å². The Hall–Kier alpha value is 4.35. The van der Waals surface area contributed by atoms with Crippen LogP contribution < -0.4 is 50.4 Å². The van der Waals surface area contributed by atoms with Crippen molar-refractivity contribution in [1.29, 1.82) is 0 Å². The summed E-state index contributed by atoms with van der Waals surface area (Å²) in [7, 11) is 0.164. The lowest BCUT2D eigenvalue weighted by Crippen LogP contribution is -3.00. The smallest absolute Gasteiger partial charge is 0.336 e. The SMILES string of the molecule is BrBr.BrBr.BrBr.C.C.C.C.C.ClCl.ClCl.O=S(=O)=S(=O)(O[O-])OO[O-].O=S(=O)=S(=O)(O[O-])OO[O-].[Br-].[Cl-]. The monoisotopic (exact) mass is 1190 g/mol. The van der Waals surface area contributed by atoms with Crippen molar-refractivity contribution in [3.8, 4) is 0 Å². The molecule has 0 aliphatic carbocycles. The van der Waals surface area contributed by atoms with Crippen molar-refractivity contribution in [1.82, 2.24) is 0 Å². The molecule has 0 radical (unpaired) electrons. The summed E-state index contributed by atoms with van der Waals surface area (Å²) in [6, 6.07) is 0.